The van der Waals surface area contributed by atoms with Crippen LogP contribution in [0.3, 0.4) is 0 Å². The summed E-state index contributed by atoms with van der Waals surface area (Å²) < 4.78 is 11.2. The van der Waals surface area contributed by atoms with Gasteiger partial charge in [0.2, 0.25) is 0 Å². The molecule has 1 aliphatic heterocycles. The number of carbonyl (C=O) groups is 1. The monoisotopic (exact) mass is 331 g/mol. The number of rotatable bonds is 3. The number of amides is 1. The molecule has 0 saturated carbocycles. The molecule has 24 heavy (non-hydrogen) atoms. The van der Waals surface area contributed by atoms with Gasteiger partial charge in [-0.3, -0.25) is 14.9 Å². The Bertz CT molecular complexity index is 786. The molecule has 1 aromatic heterocycles. The molecule has 2 N–H and O–H groups in total. The third-order valence-corrected chi connectivity index (χ3v) is 3.91. The summed E-state index contributed by atoms with van der Waals surface area (Å²) in [7, 11) is 0. The van der Waals surface area contributed by atoms with E-state index in [9.17, 15) is 14.9 Å². The van der Waals surface area contributed by atoms with E-state index in [1.807, 2.05) is 19.1 Å². The number of morpholine rings is 1. The molecule has 0 radical (unpaired) electrons. The topological polar surface area (TPSA) is 112 Å². The normalized spacial score (nSPS) is 17.7. The summed E-state index contributed by atoms with van der Waals surface area (Å²) in [5, 5.41) is 10.9. The van der Waals surface area contributed by atoms with Crippen molar-refractivity contribution in [1.29, 1.82) is 0 Å². The van der Waals surface area contributed by atoms with Crippen molar-refractivity contribution >= 4 is 17.3 Å². The van der Waals surface area contributed by atoms with Gasteiger partial charge in [0.25, 0.3) is 11.6 Å². The van der Waals surface area contributed by atoms with Gasteiger partial charge in [0.15, 0.2) is 0 Å². The van der Waals surface area contributed by atoms with Crippen molar-refractivity contribution in [3.63, 3.8) is 0 Å². The van der Waals surface area contributed by atoms with Crippen LogP contribution < -0.4 is 5.73 Å². The Hall–Kier alpha value is -2.87. The number of nitrogen functional groups attached to an aromatic ring is 1. The summed E-state index contributed by atoms with van der Waals surface area (Å²) in [6, 6.07) is 7.51. The number of hydrogen-bond acceptors (Lipinski definition) is 6. The molecule has 126 valence electrons. The average molecular weight is 331 g/mol. The minimum absolute atomic E-state index is 0.125. The number of hydrogen-bond donors (Lipinski definition) is 1. The number of carbonyl (C=O) groups excluding carboxylic acids is 1. The molecule has 0 unspecified atom stereocenters. The van der Waals surface area contributed by atoms with Crippen molar-refractivity contribution in [2.45, 2.75) is 13.0 Å². The van der Waals surface area contributed by atoms with Gasteiger partial charge in [0.05, 0.1) is 23.6 Å². The standard InChI is InChI=1S/C16H17N3O5/c1-10-2-5-14(24-10)15-9-18(6-7-23-15)16(20)12-8-11(19(21)22)3-4-13(12)17/h2-5,8,15H,6-7,9,17H2,1H3/t15-/m1/s1. The number of nitrogens with two attached hydrogens (primary N) is 1. The fourth-order valence-electron chi connectivity index (χ4n) is 2.65. The molecule has 1 aliphatic rings. The minimum atomic E-state index is -0.552. The van der Waals surface area contributed by atoms with E-state index in [0.717, 1.165) is 5.76 Å². The first-order chi connectivity index (χ1) is 11.5. The fourth-order valence-corrected chi connectivity index (χ4v) is 2.65. The quantitative estimate of drug-likeness (QED) is 0.524. The third-order valence-electron chi connectivity index (χ3n) is 3.91. The largest absolute Gasteiger partial charge is 0.464 e. The second kappa shape index (κ2) is 6.32. The van der Waals surface area contributed by atoms with Crippen LogP contribution >= 0.6 is 0 Å². The van der Waals surface area contributed by atoms with Crippen LogP contribution in [0.1, 0.15) is 28.0 Å². The molecule has 2 aromatic rings. The average Bonchev–Trinajstić information content (AvgIpc) is 3.01. The van der Waals surface area contributed by atoms with E-state index in [0.29, 0.717) is 25.5 Å². The molecule has 0 spiro atoms. The number of nitro groups is 1. The Morgan fingerprint density at radius 3 is 2.83 bits per heavy atom. The smallest absolute Gasteiger partial charge is 0.270 e. The molecular formula is C16H17N3O5. The highest BCUT2D eigenvalue weighted by atomic mass is 16.6. The fraction of sp³-hybridized carbons (Fsp3) is 0.312. The predicted octanol–water partition coefficient (Wildman–Crippen LogP) is 2.29. The van der Waals surface area contributed by atoms with E-state index < -0.39 is 4.92 Å². The molecular weight excluding hydrogens is 314 g/mol. The summed E-state index contributed by atoms with van der Waals surface area (Å²) >= 11 is 0. The lowest BCUT2D eigenvalue weighted by molar-refractivity contribution is -0.384. The van der Waals surface area contributed by atoms with Crippen LogP contribution in [0.25, 0.3) is 0 Å². The maximum absolute atomic E-state index is 12.7. The predicted molar refractivity (Wildman–Crippen MR) is 85.6 cm³/mol. The summed E-state index contributed by atoms with van der Waals surface area (Å²) in [5.41, 5.74) is 5.99. The SMILES string of the molecule is Cc1ccc([C@H]2CN(C(=O)c3cc([N+](=O)[O-])ccc3N)CCO2)o1. The van der Waals surface area contributed by atoms with Gasteiger partial charge < -0.3 is 19.8 Å². The van der Waals surface area contributed by atoms with Crippen LogP contribution in [0.5, 0.6) is 0 Å². The molecule has 8 nitrogen and oxygen atoms in total. The van der Waals surface area contributed by atoms with Crippen molar-refractivity contribution in [2.75, 3.05) is 25.4 Å². The first-order valence-corrected chi connectivity index (χ1v) is 7.47. The molecule has 0 bridgehead atoms. The zero-order chi connectivity index (χ0) is 17.3. The molecule has 3 rings (SSSR count). The van der Waals surface area contributed by atoms with E-state index in [4.69, 9.17) is 14.9 Å². The van der Waals surface area contributed by atoms with Gasteiger partial charge in [0.1, 0.15) is 17.6 Å². The summed E-state index contributed by atoms with van der Waals surface area (Å²) in [4.78, 5) is 24.6. The number of nitro benzene ring substituents is 1. The van der Waals surface area contributed by atoms with Crippen LogP contribution in [-0.2, 0) is 4.74 Å². The van der Waals surface area contributed by atoms with Gasteiger partial charge in [-0.15, -0.1) is 0 Å². The van der Waals surface area contributed by atoms with Crippen LogP contribution in [0.15, 0.2) is 34.7 Å². The number of furan rings is 1. The number of nitrogens with zero attached hydrogens (tertiary/aromatic N) is 2. The Balaban J connectivity index is 1.82. The van der Waals surface area contributed by atoms with Crippen molar-refractivity contribution in [2.24, 2.45) is 0 Å². The Kier molecular flexibility index (Phi) is 4.22. The van der Waals surface area contributed by atoms with Crippen molar-refractivity contribution in [3.05, 3.63) is 57.5 Å². The van der Waals surface area contributed by atoms with Crippen molar-refractivity contribution in [1.82, 2.24) is 4.90 Å². The van der Waals surface area contributed by atoms with Crippen molar-refractivity contribution < 1.29 is 18.9 Å². The van der Waals surface area contributed by atoms with Gasteiger partial charge >= 0.3 is 0 Å². The Morgan fingerprint density at radius 1 is 1.38 bits per heavy atom. The molecule has 1 amide bonds. The van der Waals surface area contributed by atoms with Crippen LogP contribution in [0, 0.1) is 17.0 Å². The zero-order valence-corrected chi connectivity index (χ0v) is 13.1. The Morgan fingerprint density at radius 2 is 2.17 bits per heavy atom. The van der Waals surface area contributed by atoms with E-state index in [1.54, 1.807) is 4.90 Å². The highest BCUT2D eigenvalue weighted by Gasteiger charge is 2.29. The second-order valence-corrected chi connectivity index (χ2v) is 5.59. The van der Waals surface area contributed by atoms with Gasteiger partial charge in [-0.1, -0.05) is 0 Å². The van der Waals surface area contributed by atoms with E-state index in [2.05, 4.69) is 0 Å². The lowest BCUT2D eigenvalue weighted by Crippen LogP contribution is -2.42. The molecule has 0 aliphatic carbocycles. The van der Waals surface area contributed by atoms with Gasteiger partial charge in [-0.05, 0) is 25.1 Å². The zero-order valence-electron chi connectivity index (χ0n) is 13.1. The summed E-state index contributed by atoms with van der Waals surface area (Å²) in [5.74, 6) is 1.06. The molecule has 8 heteroatoms. The third kappa shape index (κ3) is 3.09. The molecule has 1 fully saturated rings. The number of aryl methyl sites for hydroxylation is 1. The van der Waals surface area contributed by atoms with Gasteiger partial charge in [-0.2, -0.15) is 0 Å². The second-order valence-electron chi connectivity index (χ2n) is 5.59. The molecule has 1 saturated heterocycles. The lowest BCUT2D eigenvalue weighted by Gasteiger charge is -2.32. The maximum atomic E-state index is 12.7. The number of anilines is 1. The first kappa shape index (κ1) is 16.0. The molecule has 1 atom stereocenters. The van der Waals surface area contributed by atoms with Crippen LogP contribution in [-0.4, -0.2) is 35.4 Å². The van der Waals surface area contributed by atoms with E-state index in [-0.39, 0.29) is 28.9 Å². The maximum Gasteiger partial charge on any atom is 0.270 e. The number of non-ortho nitro benzene ring substituents is 1. The van der Waals surface area contributed by atoms with E-state index >= 15 is 0 Å². The number of benzene rings is 1. The van der Waals surface area contributed by atoms with Crippen molar-refractivity contribution in [3.8, 4) is 0 Å². The number of ether oxygens (including phenoxy) is 1. The molecule has 1 aromatic carbocycles. The first-order valence-electron chi connectivity index (χ1n) is 7.47. The van der Waals surface area contributed by atoms with Crippen LogP contribution in [0.4, 0.5) is 11.4 Å². The lowest BCUT2D eigenvalue weighted by atomic mass is 10.1. The highest BCUT2D eigenvalue weighted by Crippen LogP contribution is 2.27. The molecule has 2 heterocycles. The van der Waals surface area contributed by atoms with Crippen LogP contribution in [0.2, 0.25) is 0 Å². The summed E-state index contributed by atoms with van der Waals surface area (Å²) in [6.07, 6.45) is -0.365. The summed E-state index contributed by atoms with van der Waals surface area (Å²) in [6.45, 7) is 2.87. The minimum Gasteiger partial charge on any atom is -0.464 e. The van der Waals surface area contributed by atoms with Gasteiger partial charge in [0, 0.05) is 24.4 Å². The van der Waals surface area contributed by atoms with Gasteiger partial charge in [-0.25, -0.2) is 0 Å². The highest BCUT2D eigenvalue weighted by molar-refractivity contribution is 5.99. The Labute approximate surface area is 137 Å². The van der Waals surface area contributed by atoms with E-state index in [1.165, 1.54) is 18.2 Å².